The first-order chi connectivity index (χ1) is 12.0. The number of hydrogen-bond acceptors (Lipinski definition) is 3. The SMILES string of the molecule is CC(=O)Nc1c(OCc2ccc(CO)cc2)n(C)c2c(C)cccc12. The molecule has 1 amide bonds. The van der Waals surface area contributed by atoms with Crippen molar-refractivity contribution in [3.05, 3.63) is 59.2 Å². The number of hydrogen-bond donors (Lipinski definition) is 2. The van der Waals surface area contributed by atoms with Crippen LogP contribution in [0.3, 0.4) is 0 Å². The Kier molecular flexibility index (Phi) is 4.76. The molecule has 0 aliphatic rings. The molecule has 0 unspecified atom stereocenters. The Balaban J connectivity index is 1.97. The van der Waals surface area contributed by atoms with E-state index in [0.717, 1.165) is 27.6 Å². The van der Waals surface area contributed by atoms with Crippen molar-refractivity contribution in [2.75, 3.05) is 5.32 Å². The highest BCUT2D eigenvalue weighted by Crippen LogP contribution is 2.38. The maximum atomic E-state index is 11.6. The van der Waals surface area contributed by atoms with Gasteiger partial charge in [-0.1, -0.05) is 42.5 Å². The summed E-state index contributed by atoms with van der Waals surface area (Å²) in [5.74, 6) is 0.497. The lowest BCUT2D eigenvalue weighted by Crippen LogP contribution is -2.08. The lowest BCUT2D eigenvalue weighted by molar-refractivity contribution is -0.114. The molecule has 0 atom stereocenters. The molecule has 2 N–H and O–H groups in total. The highest BCUT2D eigenvalue weighted by Gasteiger charge is 2.18. The molecule has 0 spiro atoms. The van der Waals surface area contributed by atoms with Gasteiger partial charge in [0, 0.05) is 19.4 Å². The fourth-order valence-corrected chi connectivity index (χ4v) is 3.05. The number of para-hydroxylation sites is 1. The summed E-state index contributed by atoms with van der Waals surface area (Å²) in [6, 6.07) is 13.6. The molecule has 0 radical (unpaired) electrons. The average molecular weight is 338 g/mol. The number of carbonyl (C=O) groups is 1. The molecule has 0 bridgehead atoms. The van der Waals surface area contributed by atoms with E-state index in [4.69, 9.17) is 9.84 Å². The van der Waals surface area contributed by atoms with Crippen molar-refractivity contribution in [2.24, 2.45) is 7.05 Å². The quantitative estimate of drug-likeness (QED) is 0.748. The number of aliphatic hydroxyl groups excluding tert-OH is 1. The summed E-state index contributed by atoms with van der Waals surface area (Å²) in [4.78, 5) is 11.6. The molecule has 5 nitrogen and oxygen atoms in total. The second-order valence-corrected chi connectivity index (χ2v) is 6.15. The number of benzene rings is 2. The highest BCUT2D eigenvalue weighted by molar-refractivity contribution is 6.05. The number of ether oxygens (including phenoxy) is 1. The molecule has 0 saturated heterocycles. The van der Waals surface area contributed by atoms with E-state index in [9.17, 15) is 4.79 Å². The van der Waals surface area contributed by atoms with Crippen LogP contribution >= 0.6 is 0 Å². The Labute approximate surface area is 146 Å². The maximum absolute atomic E-state index is 11.6. The minimum atomic E-state index is -0.133. The van der Waals surface area contributed by atoms with E-state index in [2.05, 4.69) is 5.32 Å². The minimum Gasteiger partial charge on any atom is -0.472 e. The summed E-state index contributed by atoms with van der Waals surface area (Å²) in [5, 5.41) is 13.0. The van der Waals surface area contributed by atoms with Gasteiger partial charge < -0.3 is 19.7 Å². The number of amides is 1. The predicted octanol–water partition coefficient (Wildman–Crippen LogP) is 3.52. The predicted molar refractivity (Wildman–Crippen MR) is 98.7 cm³/mol. The van der Waals surface area contributed by atoms with Crippen LogP contribution in [0.5, 0.6) is 5.88 Å². The monoisotopic (exact) mass is 338 g/mol. The molecule has 2 aromatic carbocycles. The Morgan fingerprint density at radius 3 is 2.48 bits per heavy atom. The number of carbonyl (C=O) groups excluding carboxylic acids is 1. The van der Waals surface area contributed by atoms with Gasteiger partial charge in [0.2, 0.25) is 11.8 Å². The van der Waals surface area contributed by atoms with Gasteiger partial charge in [-0.15, -0.1) is 0 Å². The first kappa shape index (κ1) is 17.0. The zero-order chi connectivity index (χ0) is 18.0. The molecule has 1 heterocycles. The van der Waals surface area contributed by atoms with Gasteiger partial charge >= 0.3 is 0 Å². The van der Waals surface area contributed by atoms with Crippen LogP contribution in [-0.2, 0) is 25.1 Å². The number of anilines is 1. The fraction of sp³-hybridized carbons (Fsp3) is 0.250. The molecule has 3 rings (SSSR count). The average Bonchev–Trinajstić information content (AvgIpc) is 2.86. The Morgan fingerprint density at radius 2 is 1.84 bits per heavy atom. The van der Waals surface area contributed by atoms with Crippen molar-refractivity contribution in [1.29, 1.82) is 0 Å². The van der Waals surface area contributed by atoms with Crippen molar-refractivity contribution in [3.8, 4) is 5.88 Å². The van der Waals surface area contributed by atoms with Gasteiger partial charge in [0.15, 0.2) is 0 Å². The van der Waals surface area contributed by atoms with Gasteiger partial charge in [0.05, 0.1) is 12.1 Å². The van der Waals surface area contributed by atoms with Crippen LogP contribution in [0.15, 0.2) is 42.5 Å². The third kappa shape index (κ3) is 3.37. The number of aromatic nitrogens is 1. The second kappa shape index (κ2) is 6.99. The highest BCUT2D eigenvalue weighted by atomic mass is 16.5. The molecule has 0 fully saturated rings. The third-order valence-corrected chi connectivity index (χ3v) is 4.24. The first-order valence-corrected chi connectivity index (χ1v) is 8.18. The van der Waals surface area contributed by atoms with E-state index < -0.39 is 0 Å². The summed E-state index contributed by atoms with van der Waals surface area (Å²) in [6.07, 6.45) is 0. The standard InChI is InChI=1S/C20H22N2O3/c1-13-5-4-6-17-18(21-14(2)24)20(22(3)19(13)17)25-12-16-9-7-15(11-23)8-10-16/h4-10,23H,11-12H2,1-3H3,(H,21,24). The van der Waals surface area contributed by atoms with E-state index in [1.807, 2.05) is 61.0 Å². The van der Waals surface area contributed by atoms with Gasteiger partial charge in [-0.2, -0.15) is 0 Å². The van der Waals surface area contributed by atoms with Crippen molar-refractivity contribution < 1.29 is 14.6 Å². The summed E-state index contributed by atoms with van der Waals surface area (Å²) >= 11 is 0. The van der Waals surface area contributed by atoms with Crippen molar-refractivity contribution in [2.45, 2.75) is 27.1 Å². The Hall–Kier alpha value is -2.79. The lowest BCUT2D eigenvalue weighted by atomic mass is 10.1. The molecule has 5 heteroatoms. The van der Waals surface area contributed by atoms with Crippen LogP contribution in [0.1, 0.15) is 23.6 Å². The summed E-state index contributed by atoms with van der Waals surface area (Å²) in [6.45, 7) is 3.93. The first-order valence-electron chi connectivity index (χ1n) is 8.18. The van der Waals surface area contributed by atoms with Gasteiger partial charge in [0.25, 0.3) is 0 Å². The Morgan fingerprint density at radius 1 is 1.16 bits per heavy atom. The van der Waals surface area contributed by atoms with Crippen LogP contribution in [0.4, 0.5) is 5.69 Å². The fourth-order valence-electron chi connectivity index (χ4n) is 3.05. The largest absolute Gasteiger partial charge is 0.472 e. The van der Waals surface area contributed by atoms with Gasteiger partial charge in [-0.25, -0.2) is 0 Å². The molecular weight excluding hydrogens is 316 g/mol. The topological polar surface area (TPSA) is 63.5 Å². The normalized spacial score (nSPS) is 10.9. The van der Waals surface area contributed by atoms with E-state index >= 15 is 0 Å². The molecular formula is C20H22N2O3. The molecule has 3 aromatic rings. The van der Waals surface area contributed by atoms with E-state index in [1.54, 1.807) is 0 Å². The van der Waals surface area contributed by atoms with Crippen molar-refractivity contribution >= 4 is 22.5 Å². The Bertz CT molecular complexity index is 911. The minimum absolute atomic E-state index is 0.0241. The van der Waals surface area contributed by atoms with Crippen LogP contribution in [0.2, 0.25) is 0 Å². The summed E-state index contributed by atoms with van der Waals surface area (Å²) in [5.41, 5.74) is 4.71. The van der Waals surface area contributed by atoms with Crippen molar-refractivity contribution in [1.82, 2.24) is 4.57 Å². The van der Waals surface area contributed by atoms with Gasteiger partial charge in [-0.3, -0.25) is 4.79 Å². The number of aliphatic hydroxyl groups is 1. The molecule has 0 aliphatic carbocycles. The number of nitrogens with zero attached hydrogens (tertiary/aromatic N) is 1. The number of aryl methyl sites for hydroxylation is 2. The van der Waals surface area contributed by atoms with Gasteiger partial charge in [0.1, 0.15) is 12.3 Å². The number of fused-ring (bicyclic) bond motifs is 1. The van der Waals surface area contributed by atoms with Crippen LogP contribution in [0.25, 0.3) is 10.9 Å². The van der Waals surface area contributed by atoms with E-state index in [-0.39, 0.29) is 12.5 Å². The van der Waals surface area contributed by atoms with Gasteiger partial charge in [-0.05, 0) is 23.6 Å². The van der Waals surface area contributed by atoms with E-state index in [1.165, 1.54) is 6.92 Å². The van der Waals surface area contributed by atoms with E-state index in [0.29, 0.717) is 18.2 Å². The smallest absolute Gasteiger partial charge is 0.221 e. The molecule has 0 aliphatic heterocycles. The van der Waals surface area contributed by atoms with Crippen LogP contribution in [0, 0.1) is 6.92 Å². The molecule has 130 valence electrons. The number of rotatable bonds is 5. The van der Waals surface area contributed by atoms with Crippen LogP contribution in [-0.4, -0.2) is 15.6 Å². The lowest BCUT2D eigenvalue weighted by Gasteiger charge is -2.11. The third-order valence-electron chi connectivity index (χ3n) is 4.24. The van der Waals surface area contributed by atoms with Crippen LogP contribution < -0.4 is 10.1 Å². The number of nitrogens with one attached hydrogen (secondary N) is 1. The molecule has 1 aromatic heterocycles. The zero-order valence-electron chi connectivity index (χ0n) is 14.7. The summed E-state index contributed by atoms with van der Waals surface area (Å²) < 4.78 is 8.02. The maximum Gasteiger partial charge on any atom is 0.221 e. The summed E-state index contributed by atoms with van der Waals surface area (Å²) in [7, 11) is 1.94. The van der Waals surface area contributed by atoms with Crippen molar-refractivity contribution in [3.63, 3.8) is 0 Å². The zero-order valence-corrected chi connectivity index (χ0v) is 14.7. The molecule has 0 saturated carbocycles. The second-order valence-electron chi connectivity index (χ2n) is 6.15. The molecule has 25 heavy (non-hydrogen) atoms.